The van der Waals surface area contributed by atoms with Crippen LogP contribution in [0, 0.1) is 0 Å². The number of nitrogens with zero attached hydrogens (tertiary/aromatic N) is 3. The molecule has 1 aromatic heterocycles. The molecule has 2 aromatic carbocycles. The third-order valence-electron chi connectivity index (χ3n) is 5.05. The number of hydrogen-bond acceptors (Lipinski definition) is 6. The van der Waals surface area contributed by atoms with Gasteiger partial charge in [-0.1, -0.05) is 18.2 Å². The summed E-state index contributed by atoms with van der Waals surface area (Å²) in [7, 11) is 0. The average Bonchev–Trinajstić information content (AvgIpc) is 3.32. The van der Waals surface area contributed by atoms with E-state index in [-0.39, 0.29) is 24.7 Å². The first-order chi connectivity index (χ1) is 16.6. The number of carbonyl (C=O) groups excluding carboxylic acids is 1. The van der Waals surface area contributed by atoms with Crippen molar-refractivity contribution in [3.63, 3.8) is 0 Å². The molecule has 0 radical (unpaired) electrons. The molecular formula is C23H17Br2F3N4O3. The number of rotatable bonds is 6. The van der Waals surface area contributed by atoms with Gasteiger partial charge in [-0.05, 0) is 73.3 Å². The molecule has 4 rings (SSSR count). The molecule has 3 aromatic rings. The van der Waals surface area contributed by atoms with E-state index in [0.29, 0.717) is 25.6 Å². The summed E-state index contributed by atoms with van der Waals surface area (Å²) in [5.74, 6) is -0.291. The minimum Gasteiger partial charge on any atom is -0.506 e. The Morgan fingerprint density at radius 2 is 1.77 bits per heavy atom. The van der Waals surface area contributed by atoms with Gasteiger partial charge in [-0.3, -0.25) is 9.78 Å². The Morgan fingerprint density at radius 1 is 1.09 bits per heavy atom. The largest absolute Gasteiger partial charge is 0.506 e. The Morgan fingerprint density at radius 3 is 2.43 bits per heavy atom. The number of amides is 1. The number of phenols is 1. The fourth-order valence-corrected chi connectivity index (χ4v) is 4.56. The van der Waals surface area contributed by atoms with Gasteiger partial charge in [0.1, 0.15) is 5.75 Å². The first kappa shape index (κ1) is 25.1. The topological polar surface area (TPSA) is 87.0 Å². The third kappa shape index (κ3) is 6.00. The Labute approximate surface area is 214 Å². The first-order valence-electron chi connectivity index (χ1n) is 10.1. The molecule has 2 N–H and O–H groups in total. The lowest BCUT2D eigenvalue weighted by atomic mass is 10.1. The number of alkyl halides is 3. The summed E-state index contributed by atoms with van der Waals surface area (Å²) >= 11 is 6.48. The smallest absolute Gasteiger partial charge is 0.416 e. The number of hydrogen-bond donors (Lipinski definition) is 2. The predicted molar refractivity (Wildman–Crippen MR) is 128 cm³/mol. The van der Waals surface area contributed by atoms with Gasteiger partial charge < -0.3 is 10.0 Å². The van der Waals surface area contributed by atoms with Crippen LogP contribution in [0.4, 0.5) is 13.2 Å². The van der Waals surface area contributed by atoms with Crippen LogP contribution < -0.4 is 5.48 Å². The number of aromatic nitrogens is 1. The second-order valence-corrected chi connectivity index (χ2v) is 9.30. The molecule has 1 aliphatic heterocycles. The molecule has 1 atom stereocenters. The minimum absolute atomic E-state index is 0.00428. The number of halogens is 5. The molecule has 1 amide bonds. The molecule has 0 bridgehead atoms. The highest BCUT2D eigenvalue weighted by Gasteiger charge is 2.33. The van der Waals surface area contributed by atoms with Gasteiger partial charge in [0, 0.05) is 31.0 Å². The van der Waals surface area contributed by atoms with Crippen LogP contribution in [0.25, 0.3) is 0 Å². The molecule has 0 fully saturated rings. The molecule has 7 nitrogen and oxygen atoms in total. The van der Waals surface area contributed by atoms with E-state index in [0.717, 1.165) is 12.1 Å². The molecular weight excluding hydrogens is 597 g/mol. The zero-order valence-corrected chi connectivity index (χ0v) is 20.9. The van der Waals surface area contributed by atoms with Crippen LogP contribution in [0.5, 0.6) is 5.75 Å². The summed E-state index contributed by atoms with van der Waals surface area (Å²) in [6.45, 7) is -0.0113. The third-order valence-corrected chi connectivity index (χ3v) is 6.26. The summed E-state index contributed by atoms with van der Waals surface area (Å²) in [5, 5.41) is 9.92. The fraction of sp³-hybridized carbons (Fsp3) is 0.174. The van der Waals surface area contributed by atoms with E-state index in [1.54, 1.807) is 36.7 Å². The van der Waals surface area contributed by atoms with Crippen LogP contribution in [-0.4, -0.2) is 33.0 Å². The van der Waals surface area contributed by atoms with E-state index >= 15 is 0 Å². The maximum Gasteiger partial charge on any atom is 0.416 e. The Balaban J connectivity index is 1.60. The van der Waals surface area contributed by atoms with Gasteiger partial charge in [0.05, 0.1) is 14.5 Å². The van der Waals surface area contributed by atoms with Crippen molar-refractivity contribution < 1.29 is 27.9 Å². The first-order valence-corrected chi connectivity index (χ1v) is 11.7. The van der Waals surface area contributed by atoms with Crippen LogP contribution in [0.1, 0.15) is 22.3 Å². The maximum absolute atomic E-state index is 13.4. The monoisotopic (exact) mass is 612 g/mol. The molecule has 0 spiro atoms. The zero-order chi connectivity index (χ0) is 25.2. The zero-order valence-electron chi connectivity index (χ0n) is 17.8. The highest BCUT2D eigenvalue weighted by atomic mass is 79.9. The molecule has 12 heteroatoms. The van der Waals surface area contributed by atoms with Crippen molar-refractivity contribution in [2.75, 3.05) is 0 Å². The van der Waals surface area contributed by atoms with E-state index in [1.807, 2.05) is 0 Å². The van der Waals surface area contributed by atoms with Gasteiger partial charge in [0.2, 0.25) is 0 Å². The van der Waals surface area contributed by atoms with Crippen molar-refractivity contribution in [3.05, 3.63) is 92.1 Å². The van der Waals surface area contributed by atoms with Crippen molar-refractivity contribution in [2.45, 2.75) is 25.5 Å². The summed E-state index contributed by atoms with van der Waals surface area (Å²) in [4.78, 5) is 28.4. The van der Waals surface area contributed by atoms with Gasteiger partial charge in [-0.25, -0.2) is 15.3 Å². The Bertz CT molecular complexity index is 1250. The molecule has 2 heterocycles. The number of amidine groups is 1. The van der Waals surface area contributed by atoms with Crippen LogP contribution in [0.15, 0.2) is 74.9 Å². The van der Waals surface area contributed by atoms with Crippen LogP contribution >= 0.6 is 31.9 Å². The summed E-state index contributed by atoms with van der Waals surface area (Å²) in [5.41, 5.74) is 3.34. The van der Waals surface area contributed by atoms with Gasteiger partial charge >= 0.3 is 6.18 Å². The van der Waals surface area contributed by atoms with Gasteiger partial charge in [-0.2, -0.15) is 13.2 Å². The number of aliphatic imine (C=N–C) groups is 1. The Kier molecular flexibility index (Phi) is 7.43. The number of aromatic hydroxyl groups is 1. The van der Waals surface area contributed by atoms with E-state index in [4.69, 9.17) is 4.84 Å². The Hall–Kier alpha value is -2.96. The van der Waals surface area contributed by atoms with E-state index < -0.39 is 23.9 Å². The van der Waals surface area contributed by atoms with Crippen molar-refractivity contribution in [3.8, 4) is 5.75 Å². The molecule has 0 aliphatic carbocycles. The molecule has 0 saturated heterocycles. The standard InChI is InChI=1S/C23H17Br2F3N4O3/c24-17-8-15(9-18(25)19(17)33)20-30-21(35-31-20)22(34)32(12-14-4-2-6-29-10-14)11-13-3-1-5-16(7-13)23(26,27)28/h1-10,21,33H,11-12H2,(H,30,31). The van der Waals surface area contributed by atoms with Crippen LogP contribution in [0.2, 0.25) is 0 Å². The summed E-state index contributed by atoms with van der Waals surface area (Å²) in [6, 6.07) is 11.5. The van der Waals surface area contributed by atoms with Crippen molar-refractivity contribution in [1.29, 1.82) is 0 Å². The molecule has 1 aliphatic rings. The quantitative estimate of drug-likeness (QED) is 0.401. The summed E-state index contributed by atoms with van der Waals surface area (Å²) in [6.07, 6.45) is -2.62. The number of nitrogens with one attached hydrogen (secondary N) is 1. The second kappa shape index (κ2) is 10.3. The van der Waals surface area contributed by atoms with Gasteiger partial charge in [-0.15, -0.1) is 0 Å². The van der Waals surface area contributed by atoms with Crippen molar-refractivity contribution in [2.24, 2.45) is 4.99 Å². The normalized spacial score (nSPS) is 15.5. The van der Waals surface area contributed by atoms with Gasteiger partial charge in [0.15, 0.2) is 5.84 Å². The van der Waals surface area contributed by atoms with E-state index in [2.05, 4.69) is 47.3 Å². The number of pyridine rings is 1. The number of benzene rings is 2. The lowest BCUT2D eigenvalue weighted by molar-refractivity contribution is -0.145. The SMILES string of the molecule is O=C(C1N=C(c2cc(Br)c(O)c(Br)c2)NO1)N(Cc1cccnc1)Cc1cccc(C(F)(F)F)c1. The number of hydroxylamine groups is 1. The van der Waals surface area contributed by atoms with E-state index in [1.165, 1.54) is 17.0 Å². The fourth-order valence-electron chi connectivity index (χ4n) is 3.37. The molecule has 182 valence electrons. The van der Waals surface area contributed by atoms with Crippen molar-refractivity contribution >= 4 is 43.6 Å². The lowest BCUT2D eigenvalue weighted by Crippen LogP contribution is -2.38. The highest BCUT2D eigenvalue weighted by molar-refractivity contribution is 9.11. The maximum atomic E-state index is 13.4. The number of phenolic OH excluding ortho intramolecular Hbond substituents is 1. The molecule has 35 heavy (non-hydrogen) atoms. The molecule has 1 unspecified atom stereocenters. The minimum atomic E-state index is -4.50. The average molecular weight is 614 g/mol. The number of carbonyl (C=O) groups is 1. The van der Waals surface area contributed by atoms with E-state index in [9.17, 15) is 23.1 Å². The summed E-state index contributed by atoms with van der Waals surface area (Å²) < 4.78 is 40.4. The van der Waals surface area contributed by atoms with Crippen LogP contribution in [-0.2, 0) is 28.9 Å². The second-order valence-electron chi connectivity index (χ2n) is 7.59. The molecule has 0 saturated carbocycles. The van der Waals surface area contributed by atoms with Gasteiger partial charge in [0.25, 0.3) is 12.1 Å². The van der Waals surface area contributed by atoms with Crippen molar-refractivity contribution in [1.82, 2.24) is 15.4 Å². The lowest BCUT2D eigenvalue weighted by Gasteiger charge is -2.24. The van der Waals surface area contributed by atoms with Crippen LogP contribution in [0.3, 0.4) is 0 Å². The highest BCUT2D eigenvalue weighted by Crippen LogP contribution is 2.34. The predicted octanol–water partition coefficient (Wildman–Crippen LogP) is 5.17.